The topological polar surface area (TPSA) is 28.2 Å². The highest BCUT2D eigenvalue weighted by Crippen LogP contribution is 2.27. The molecule has 0 unspecified atom stereocenters. The summed E-state index contributed by atoms with van der Waals surface area (Å²) in [6.45, 7) is 3.31. The number of alkyl halides is 3. The van der Waals surface area contributed by atoms with Crippen molar-refractivity contribution >= 4 is 5.82 Å². The largest absolute Gasteiger partial charge is 0.405 e. The first-order valence-corrected chi connectivity index (χ1v) is 6.74. The highest BCUT2D eigenvalue weighted by Gasteiger charge is 2.31. The van der Waals surface area contributed by atoms with Crippen molar-refractivity contribution in [1.82, 2.24) is 10.3 Å². The third-order valence-electron chi connectivity index (χ3n) is 3.38. The van der Waals surface area contributed by atoms with Crippen LogP contribution < -0.4 is 10.2 Å². The Balaban J connectivity index is 2.23. The second-order valence-corrected chi connectivity index (χ2v) is 5.51. The number of aromatic nitrogens is 1. The molecule has 0 aliphatic heterocycles. The van der Waals surface area contributed by atoms with E-state index in [1.54, 1.807) is 6.92 Å². The summed E-state index contributed by atoms with van der Waals surface area (Å²) in [5, 5.41) is 3.34. The number of aryl methyl sites for hydroxylation is 2. The van der Waals surface area contributed by atoms with Crippen LogP contribution in [0.4, 0.5) is 19.0 Å². The van der Waals surface area contributed by atoms with Crippen LogP contribution in [0.1, 0.15) is 29.7 Å². The molecular formula is C14H20F3N3. The normalized spacial score (nSPS) is 15.5. The highest BCUT2D eigenvalue weighted by molar-refractivity contribution is 5.51. The van der Waals surface area contributed by atoms with E-state index in [1.165, 1.54) is 11.9 Å². The van der Waals surface area contributed by atoms with Gasteiger partial charge >= 0.3 is 6.18 Å². The van der Waals surface area contributed by atoms with E-state index in [0.717, 1.165) is 29.7 Å². The molecule has 1 saturated carbocycles. The molecule has 6 heteroatoms. The van der Waals surface area contributed by atoms with Crippen LogP contribution in [0.5, 0.6) is 0 Å². The number of rotatable bonds is 5. The molecule has 0 atom stereocenters. The molecule has 112 valence electrons. The van der Waals surface area contributed by atoms with Crippen molar-refractivity contribution in [2.45, 2.75) is 45.5 Å². The molecule has 2 rings (SSSR count). The Morgan fingerprint density at radius 2 is 2.00 bits per heavy atom. The van der Waals surface area contributed by atoms with E-state index in [0.29, 0.717) is 18.4 Å². The first-order valence-electron chi connectivity index (χ1n) is 6.74. The molecule has 1 aliphatic carbocycles. The standard InChI is InChI=1S/C14H20F3N3/c1-9-6-10(2)19-13(20(3)8-14(15,16)17)12(9)7-18-11-4-5-11/h6,11,18H,4-5,7-8H2,1-3H3. The summed E-state index contributed by atoms with van der Waals surface area (Å²) >= 11 is 0. The Bertz CT molecular complexity index is 481. The number of halogens is 3. The van der Waals surface area contributed by atoms with Crippen LogP contribution in [0.3, 0.4) is 0 Å². The minimum absolute atomic E-state index is 0.424. The van der Waals surface area contributed by atoms with E-state index in [9.17, 15) is 13.2 Å². The van der Waals surface area contributed by atoms with Gasteiger partial charge in [-0.25, -0.2) is 4.98 Å². The van der Waals surface area contributed by atoms with Gasteiger partial charge in [-0.05, 0) is 38.3 Å². The molecule has 0 spiro atoms. The molecule has 0 saturated heterocycles. The first kappa shape index (κ1) is 15.1. The van der Waals surface area contributed by atoms with Crippen LogP contribution in [-0.4, -0.2) is 30.8 Å². The van der Waals surface area contributed by atoms with Gasteiger partial charge in [0.05, 0.1) is 0 Å². The van der Waals surface area contributed by atoms with Gasteiger partial charge < -0.3 is 10.2 Å². The quantitative estimate of drug-likeness (QED) is 0.902. The van der Waals surface area contributed by atoms with Crippen molar-refractivity contribution in [1.29, 1.82) is 0 Å². The Kier molecular flexibility index (Phi) is 4.22. The zero-order valence-electron chi connectivity index (χ0n) is 12.0. The summed E-state index contributed by atoms with van der Waals surface area (Å²) in [6, 6.07) is 2.42. The zero-order valence-corrected chi connectivity index (χ0v) is 12.0. The van der Waals surface area contributed by atoms with Crippen molar-refractivity contribution in [3.63, 3.8) is 0 Å². The van der Waals surface area contributed by atoms with Crippen molar-refractivity contribution in [3.8, 4) is 0 Å². The van der Waals surface area contributed by atoms with E-state index in [-0.39, 0.29) is 0 Å². The zero-order chi connectivity index (χ0) is 14.9. The molecule has 3 nitrogen and oxygen atoms in total. The monoisotopic (exact) mass is 287 g/mol. The number of nitrogens with one attached hydrogen (secondary N) is 1. The van der Waals surface area contributed by atoms with Crippen LogP contribution in [0.2, 0.25) is 0 Å². The van der Waals surface area contributed by atoms with Gasteiger partial charge in [0.25, 0.3) is 0 Å². The molecular weight excluding hydrogens is 267 g/mol. The maximum absolute atomic E-state index is 12.6. The first-order chi connectivity index (χ1) is 9.26. The Morgan fingerprint density at radius 1 is 1.35 bits per heavy atom. The fraction of sp³-hybridized carbons (Fsp3) is 0.643. The summed E-state index contributed by atoms with van der Waals surface area (Å²) in [7, 11) is 1.44. The average molecular weight is 287 g/mol. The predicted molar refractivity (Wildman–Crippen MR) is 72.9 cm³/mol. The van der Waals surface area contributed by atoms with Gasteiger partial charge in [-0.3, -0.25) is 0 Å². The van der Waals surface area contributed by atoms with Crippen molar-refractivity contribution in [3.05, 3.63) is 22.9 Å². The second kappa shape index (κ2) is 5.60. The van der Waals surface area contributed by atoms with Crippen molar-refractivity contribution < 1.29 is 13.2 Å². The van der Waals surface area contributed by atoms with Crippen LogP contribution in [0.15, 0.2) is 6.07 Å². The highest BCUT2D eigenvalue weighted by atomic mass is 19.4. The lowest BCUT2D eigenvalue weighted by atomic mass is 10.1. The van der Waals surface area contributed by atoms with Crippen molar-refractivity contribution in [2.75, 3.05) is 18.5 Å². The molecule has 1 aromatic rings. The minimum atomic E-state index is -4.23. The van der Waals surface area contributed by atoms with E-state index in [4.69, 9.17) is 0 Å². The van der Waals surface area contributed by atoms with Gasteiger partial charge in [0.15, 0.2) is 0 Å². The molecule has 0 radical (unpaired) electrons. The lowest BCUT2D eigenvalue weighted by Crippen LogP contribution is -2.33. The molecule has 1 fully saturated rings. The van der Waals surface area contributed by atoms with Crippen LogP contribution in [0.25, 0.3) is 0 Å². The summed E-state index contributed by atoms with van der Waals surface area (Å²) < 4.78 is 37.7. The lowest BCUT2D eigenvalue weighted by Gasteiger charge is -2.24. The number of pyridine rings is 1. The maximum Gasteiger partial charge on any atom is 0.405 e. The Labute approximate surface area is 117 Å². The van der Waals surface area contributed by atoms with Gasteiger partial charge in [-0.1, -0.05) is 0 Å². The molecule has 1 heterocycles. The molecule has 0 amide bonds. The Morgan fingerprint density at radius 3 is 2.55 bits per heavy atom. The minimum Gasteiger partial charge on any atom is -0.350 e. The summed E-state index contributed by atoms with van der Waals surface area (Å²) in [4.78, 5) is 5.49. The predicted octanol–water partition coefficient (Wildman–Crippen LogP) is 2.95. The van der Waals surface area contributed by atoms with E-state index in [1.807, 2.05) is 13.0 Å². The summed E-state index contributed by atoms with van der Waals surface area (Å²) in [6.07, 6.45) is -1.94. The second-order valence-electron chi connectivity index (χ2n) is 5.51. The smallest absolute Gasteiger partial charge is 0.350 e. The van der Waals surface area contributed by atoms with E-state index < -0.39 is 12.7 Å². The average Bonchev–Trinajstić information content (AvgIpc) is 3.08. The van der Waals surface area contributed by atoms with E-state index >= 15 is 0 Å². The van der Waals surface area contributed by atoms with Gasteiger partial charge in [0, 0.05) is 30.9 Å². The third kappa shape index (κ3) is 4.10. The fourth-order valence-electron chi connectivity index (χ4n) is 2.26. The van der Waals surface area contributed by atoms with Crippen LogP contribution in [-0.2, 0) is 6.54 Å². The molecule has 1 aliphatic rings. The number of hydrogen-bond acceptors (Lipinski definition) is 3. The van der Waals surface area contributed by atoms with Crippen LogP contribution in [0, 0.1) is 13.8 Å². The molecule has 0 bridgehead atoms. The summed E-state index contributed by atoms with van der Waals surface area (Å²) in [5.74, 6) is 0.424. The number of nitrogens with zero attached hydrogens (tertiary/aromatic N) is 2. The molecule has 1 aromatic heterocycles. The molecule has 20 heavy (non-hydrogen) atoms. The fourth-order valence-corrected chi connectivity index (χ4v) is 2.26. The van der Waals surface area contributed by atoms with E-state index in [2.05, 4.69) is 10.3 Å². The lowest BCUT2D eigenvalue weighted by molar-refractivity contribution is -0.119. The maximum atomic E-state index is 12.6. The summed E-state index contributed by atoms with van der Waals surface area (Å²) in [5.41, 5.74) is 2.57. The number of anilines is 1. The molecule has 1 N–H and O–H groups in total. The van der Waals surface area contributed by atoms with Gasteiger partial charge in [-0.2, -0.15) is 13.2 Å². The molecule has 0 aromatic carbocycles. The van der Waals surface area contributed by atoms with Gasteiger partial charge in [-0.15, -0.1) is 0 Å². The van der Waals surface area contributed by atoms with Crippen LogP contribution >= 0.6 is 0 Å². The van der Waals surface area contributed by atoms with Crippen molar-refractivity contribution in [2.24, 2.45) is 0 Å². The third-order valence-corrected chi connectivity index (χ3v) is 3.38. The SMILES string of the molecule is Cc1cc(C)c(CNC2CC2)c(N(C)CC(F)(F)F)n1. The number of hydrogen-bond donors (Lipinski definition) is 1. The Hall–Kier alpha value is -1.30. The van der Waals surface area contributed by atoms with Gasteiger partial charge in [0.1, 0.15) is 12.4 Å². The van der Waals surface area contributed by atoms with Gasteiger partial charge in [0.2, 0.25) is 0 Å².